The Morgan fingerprint density at radius 3 is 2.76 bits per heavy atom. The van der Waals surface area contributed by atoms with Crippen molar-refractivity contribution >= 4 is 37.7 Å². The molecule has 4 nitrogen and oxygen atoms in total. The van der Waals surface area contributed by atoms with Gasteiger partial charge in [0.2, 0.25) is 5.88 Å². The number of nitrogens with zero attached hydrogens (tertiary/aromatic N) is 2. The molecular formula is C11H9Br2N3O. The number of halogens is 2. The van der Waals surface area contributed by atoms with Gasteiger partial charge >= 0.3 is 0 Å². The number of rotatable bonds is 3. The molecule has 2 rings (SSSR count). The molecule has 0 atom stereocenters. The highest BCUT2D eigenvalue weighted by molar-refractivity contribution is 9.11. The first-order chi connectivity index (χ1) is 8.20. The van der Waals surface area contributed by atoms with E-state index in [2.05, 4.69) is 47.1 Å². The number of ether oxygens (including phenoxy) is 1. The lowest BCUT2D eigenvalue weighted by molar-refractivity contribution is 0.458. The van der Waals surface area contributed by atoms with Gasteiger partial charge in [-0.2, -0.15) is 0 Å². The second-order valence-corrected chi connectivity index (χ2v) is 4.86. The Hall–Kier alpha value is -1.14. The molecule has 0 saturated heterocycles. The van der Waals surface area contributed by atoms with Crippen LogP contribution < -0.4 is 10.1 Å². The van der Waals surface area contributed by atoms with Gasteiger partial charge in [-0.15, -0.1) is 0 Å². The molecule has 6 heteroatoms. The zero-order valence-corrected chi connectivity index (χ0v) is 12.1. The Balaban J connectivity index is 2.30. The first-order valence-corrected chi connectivity index (χ1v) is 6.41. The molecule has 0 aliphatic carbocycles. The third-order valence-corrected chi connectivity index (χ3v) is 3.21. The van der Waals surface area contributed by atoms with E-state index in [1.165, 1.54) is 6.33 Å². The highest BCUT2D eigenvalue weighted by Gasteiger charge is 2.09. The zero-order valence-electron chi connectivity index (χ0n) is 8.95. The van der Waals surface area contributed by atoms with E-state index in [9.17, 15) is 0 Å². The van der Waals surface area contributed by atoms with Gasteiger partial charge in [-0.3, -0.25) is 0 Å². The van der Waals surface area contributed by atoms with Crippen LogP contribution in [-0.4, -0.2) is 17.0 Å². The van der Waals surface area contributed by atoms with Crippen LogP contribution in [0, 0.1) is 0 Å². The van der Waals surface area contributed by atoms with E-state index in [4.69, 9.17) is 4.74 Å². The topological polar surface area (TPSA) is 47.0 Å². The van der Waals surface area contributed by atoms with Crippen molar-refractivity contribution in [3.05, 3.63) is 39.5 Å². The van der Waals surface area contributed by atoms with Gasteiger partial charge < -0.3 is 10.1 Å². The molecule has 1 aromatic carbocycles. The number of benzene rings is 1. The molecule has 0 fully saturated rings. The Morgan fingerprint density at radius 2 is 2.06 bits per heavy atom. The van der Waals surface area contributed by atoms with Crippen LogP contribution in [0.3, 0.4) is 0 Å². The third kappa shape index (κ3) is 2.95. The van der Waals surface area contributed by atoms with Crippen molar-refractivity contribution in [2.24, 2.45) is 0 Å². The molecule has 0 aliphatic heterocycles. The molecule has 17 heavy (non-hydrogen) atoms. The van der Waals surface area contributed by atoms with Gasteiger partial charge in [0.15, 0.2) is 0 Å². The number of aromatic nitrogens is 2. The maximum absolute atomic E-state index is 5.66. The summed E-state index contributed by atoms with van der Waals surface area (Å²) in [6.45, 7) is 0. The lowest BCUT2D eigenvalue weighted by Crippen LogP contribution is -1.97. The van der Waals surface area contributed by atoms with Crippen molar-refractivity contribution in [3.63, 3.8) is 0 Å². The normalized spacial score (nSPS) is 10.1. The molecule has 0 spiro atoms. The van der Waals surface area contributed by atoms with Crippen molar-refractivity contribution in [2.45, 2.75) is 0 Å². The number of hydrogen-bond donors (Lipinski definition) is 1. The fourth-order valence-corrected chi connectivity index (χ4v) is 2.10. The van der Waals surface area contributed by atoms with E-state index in [0.717, 1.165) is 4.47 Å². The Bertz CT molecular complexity index is 534. The Morgan fingerprint density at radius 1 is 1.24 bits per heavy atom. The van der Waals surface area contributed by atoms with E-state index < -0.39 is 0 Å². The van der Waals surface area contributed by atoms with Crippen molar-refractivity contribution in [1.29, 1.82) is 0 Å². The first kappa shape index (κ1) is 12.3. The van der Waals surface area contributed by atoms with Crippen LogP contribution in [0.15, 0.2) is 39.5 Å². The van der Waals surface area contributed by atoms with Crippen LogP contribution in [0.1, 0.15) is 0 Å². The second kappa shape index (κ2) is 5.46. The maximum Gasteiger partial charge on any atom is 0.238 e. The van der Waals surface area contributed by atoms with Gasteiger partial charge in [0.1, 0.15) is 22.4 Å². The molecule has 88 valence electrons. The number of anilines is 1. The van der Waals surface area contributed by atoms with E-state index in [1.807, 2.05) is 24.3 Å². The predicted molar refractivity (Wildman–Crippen MR) is 73.5 cm³/mol. The summed E-state index contributed by atoms with van der Waals surface area (Å²) in [5.41, 5.74) is 0. The number of hydrogen-bond acceptors (Lipinski definition) is 4. The SMILES string of the molecule is CNc1ncnc(Oc2cccc(Br)c2)c1Br. The van der Waals surface area contributed by atoms with Gasteiger partial charge in [-0.25, -0.2) is 9.97 Å². The smallest absolute Gasteiger partial charge is 0.238 e. The quantitative estimate of drug-likeness (QED) is 0.905. The molecule has 1 N–H and O–H groups in total. The van der Waals surface area contributed by atoms with Gasteiger partial charge in [0.05, 0.1) is 0 Å². The highest BCUT2D eigenvalue weighted by Crippen LogP contribution is 2.32. The van der Waals surface area contributed by atoms with Crippen molar-refractivity contribution in [3.8, 4) is 11.6 Å². The third-order valence-electron chi connectivity index (χ3n) is 2.00. The molecule has 0 saturated carbocycles. The zero-order chi connectivity index (χ0) is 12.3. The summed E-state index contributed by atoms with van der Waals surface area (Å²) >= 11 is 6.78. The standard InChI is InChI=1S/C11H9Br2N3O/c1-14-10-9(13)11(16-6-15-10)17-8-4-2-3-7(12)5-8/h2-6H,1H3,(H,14,15,16). The van der Waals surface area contributed by atoms with Gasteiger partial charge in [0, 0.05) is 11.5 Å². The molecular weight excluding hydrogens is 350 g/mol. The summed E-state index contributed by atoms with van der Waals surface area (Å²) in [7, 11) is 1.79. The summed E-state index contributed by atoms with van der Waals surface area (Å²) in [5, 5.41) is 2.95. The lowest BCUT2D eigenvalue weighted by Gasteiger charge is -2.08. The monoisotopic (exact) mass is 357 g/mol. The van der Waals surface area contributed by atoms with Gasteiger partial charge in [-0.1, -0.05) is 22.0 Å². The van der Waals surface area contributed by atoms with E-state index in [1.54, 1.807) is 7.05 Å². The number of nitrogens with one attached hydrogen (secondary N) is 1. The fraction of sp³-hybridized carbons (Fsp3) is 0.0909. The van der Waals surface area contributed by atoms with E-state index in [-0.39, 0.29) is 0 Å². The van der Waals surface area contributed by atoms with Gasteiger partial charge in [0.25, 0.3) is 0 Å². The van der Waals surface area contributed by atoms with Crippen LogP contribution in [0.5, 0.6) is 11.6 Å². The molecule has 0 amide bonds. The summed E-state index contributed by atoms with van der Waals surface area (Å²) < 4.78 is 7.31. The van der Waals surface area contributed by atoms with Crippen LogP contribution in [0.4, 0.5) is 5.82 Å². The molecule has 0 unspecified atom stereocenters. The van der Waals surface area contributed by atoms with Crippen molar-refractivity contribution in [1.82, 2.24) is 9.97 Å². The summed E-state index contributed by atoms with van der Waals surface area (Å²) in [5.74, 6) is 1.87. The van der Waals surface area contributed by atoms with Crippen LogP contribution in [-0.2, 0) is 0 Å². The fourth-order valence-electron chi connectivity index (χ4n) is 1.24. The molecule has 1 aromatic heterocycles. The van der Waals surface area contributed by atoms with Crippen LogP contribution in [0.2, 0.25) is 0 Å². The average Bonchev–Trinajstić information content (AvgIpc) is 2.32. The largest absolute Gasteiger partial charge is 0.438 e. The minimum atomic E-state index is 0.474. The minimum absolute atomic E-state index is 0.474. The summed E-state index contributed by atoms with van der Waals surface area (Å²) in [6.07, 6.45) is 1.45. The first-order valence-electron chi connectivity index (χ1n) is 4.82. The van der Waals surface area contributed by atoms with E-state index >= 15 is 0 Å². The molecule has 0 bridgehead atoms. The van der Waals surface area contributed by atoms with E-state index in [0.29, 0.717) is 21.9 Å². The highest BCUT2D eigenvalue weighted by atomic mass is 79.9. The maximum atomic E-state index is 5.66. The lowest BCUT2D eigenvalue weighted by atomic mass is 10.3. The Labute approximate surface area is 116 Å². The molecule has 2 aromatic rings. The van der Waals surface area contributed by atoms with Crippen LogP contribution >= 0.6 is 31.9 Å². The minimum Gasteiger partial charge on any atom is -0.438 e. The average molecular weight is 359 g/mol. The second-order valence-electron chi connectivity index (χ2n) is 3.15. The Kier molecular flexibility index (Phi) is 3.96. The predicted octanol–water partition coefficient (Wildman–Crippen LogP) is 3.84. The van der Waals surface area contributed by atoms with Crippen molar-refractivity contribution < 1.29 is 4.74 Å². The van der Waals surface area contributed by atoms with Crippen molar-refractivity contribution in [2.75, 3.05) is 12.4 Å². The summed E-state index contributed by atoms with van der Waals surface area (Å²) in [4.78, 5) is 8.13. The molecule has 0 aliphatic rings. The van der Waals surface area contributed by atoms with Gasteiger partial charge in [-0.05, 0) is 34.1 Å². The molecule has 1 heterocycles. The van der Waals surface area contributed by atoms with Crippen LogP contribution in [0.25, 0.3) is 0 Å². The molecule has 0 radical (unpaired) electrons. The summed E-state index contributed by atoms with van der Waals surface area (Å²) in [6, 6.07) is 7.56.